The lowest BCUT2D eigenvalue weighted by Crippen LogP contribution is -2.06. The van der Waals surface area contributed by atoms with Crippen molar-refractivity contribution in [2.75, 3.05) is 6.61 Å². The maximum absolute atomic E-state index is 11.2. The average molecular weight is 198 g/mol. The highest BCUT2D eigenvalue weighted by Crippen LogP contribution is 2.22. The fourth-order valence-electron chi connectivity index (χ4n) is 2.06. The molecule has 1 saturated heterocycles. The molecule has 1 rings (SSSR count). The molecule has 0 N–H and O–H groups in total. The molecule has 1 heterocycles. The maximum atomic E-state index is 11.2. The molecular formula is C12H22O2. The van der Waals surface area contributed by atoms with Crippen LogP contribution in [-0.4, -0.2) is 12.6 Å². The molecule has 1 atom stereocenters. The quantitative estimate of drug-likeness (QED) is 0.500. The monoisotopic (exact) mass is 198 g/mol. The molecule has 0 radical (unpaired) electrons. The van der Waals surface area contributed by atoms with E-state index in [1.807, 2.05) is 0 Å². The van der Waals surface area contributed by atoms with Gasteiger partial charge < -0.3 is 4.74 Å². The van der Waals surface area contributed by atoms with Gasteiger partial charge in [-0.25, -0.2) is 0 Å². The van der Waals surface area contributed by atoms with E-state index in [0.29, 0.717) is 18.9 Å². The highest BCUT2D eigenvalue weighted by molar-refractivity contribution is 5.69. The number of esters is 1. The minimum Gasteiger partial charge on any atom is -0.466 e. The molecule has 0 aliphatic carbocycles. The zero-order valence-corrected chi connectivity index (χ0v) is 9.26. The van der Waals surface area contributed by atoms with Crippen LogP contribution in [0.2, 0.25) is 0 Å². The van der Waals surface area contributed by atoms with E-state index < -0.39 is 0 Å². The van der Waals surface area contributed by atoms with Crippen LogP contribution in [0.15, 0.2) is 0 Å². The Morgan fingerprint density at radius 2 is 2.21 bits per heavy atom. The van der Waals surface area contributed by atoms with Gasteiger partial charge in [0.25, 0.3) is 0 Å². The normalized spacial score (nSPS) is 22.9. The van der Waals surface area contributed by atoms with Crippen molar-refractivity contribution in [3.63, 3.8) is 0 Å². The zero-order chi connectivity index (χ0) is 10.2. The third-order valence-electron chi connectivity index (χ3n) is 2.94. The van der Waals surface area contributed by atoms with Crippen molar-refractivity contribution in [1.29, 1.82) is 0 Å². The van der Waals surface area contributed by atoms with Gasteiger partial charge in [0.1, 0.15) is 0 Å². The minimum atomic E-state index is 0.0167. The largest absolute Gasteiger partial charge is 0.466 e. The number of rotatable bonds is 5. The van der Waals surface area contributed by atoms with E-state index in [-0.39, 0.29) is 5.97 Å². The van der Waals surface area contributed by atoms with Gasteiger partial charge in [0.15, 0.2) is 0 Å². The van der Waals surface area contributed by atoms with Crippen LogP contribution in [0.1, 0.15) is 58.3 Å². The van der Waals surface area contributed by atoms with Crippen LogP contribution in [0, 0.1) is 5.92 Å². The summed E-state index contributed by atoms with van der Waals surface area (Å²) in [5.74, 6) is 0.616. The Bertz CT molecular complexity index is 166. The van der Waals surface area contributed by atoms with Gasteiger partial charge in [0, 0.05) is 6.42 Å². The van der Waals surface area contributed by atoms with Crippen LogP contribution in [-0.2, 0) is 9.53 Å². The summed E-state index contributed by atoms with van der Waals surface area (Å²) in [4.78, 5) is 11.2. The molecule has 1 aliphatic rings. The van der Waals surface area contributed by atoms with E-state index in [0.717, 1.165) is 6.42 Å². The SMILES string of the molecule is CCCCCCC1CCCOC(=O)C1. The third-order valence-corrected chi connectivity index (χ3v) is 2.94. The van der Waals surface area contributed by atoms with E-state index in [2.05, 4.69) is 6.92 Å². The van der Waals surface area contributed by atoms with E-state index in [4.69, 9.17) is 4.74 Å². The Morgan fingerprint density at radius 1 is 1.36 bits per heavy atom. The molecule has 0 bridgehead atoms. The molecule has 0 aromatic carbocycles. The average Bonchev–Trinajstić information content (AvgIpc) is 2.38. The van der Waals surface area contributed by atoms with E-state index >= 15 is 0 Å². The molecule has 0 saturated carbocycles. The summed E-state index contributed by atoms with van der Waals surface area (Å²) >= 11 is 0. The molecule has 2 heteroatoms. The van der Waals surface area contributed by atoms with Crippen molar-refractivity contribution in [2.24, 2.45) is 5.92 Å². The molecule has 82 valence electrons. The molecular weight excluding hydrogens is 176 g/mol. The van der Waals surface area contributed by atoms with E-state index in [1.54, 1.807) is 0 Å². The molecule has 0 aromatic rings. The molecule has 1 aliphatic heterocycles. The minimum absolute atomic E-state index is 0.0167. The first-order valence-electron chi connectivity index (χ1n) is 5.98. The van der Waals surface area contributed by atoms with Crippen molar-refractivity contribution < 1.29 is 9.53 Å². The number of ether oxygens (including phenoxy) is 1. The molecule has 0 amide bonds. The number of carbonyl (C=O) groups excluding carboxylic acids is 1. The highest BCUT2D eigenvalue weighted by atomic mass is 16.5. The Morgan fingerprint density at radius 3 is 3.00 bits per heavy atom. The predicted octanol–water partition coefficient (Wildman–Crippen LogP) is 3.30. The second-order valence-corrected chi connectivity index (χ2v) is 4.28. The molecule has 1 fully saturated rings. The first-order chi connectivity index (χ1) is 6.83. The number of carbonyl (C=O) groups is 1. The molecule has 0 aromatic heterocycles. The van der Waals surface area contributed by atoms with Crippen LogP contribution in [0.3, 0.4) is 0 Å². The van der Waals surface area contributed by atoms with Gasteiger partial charge in [-0.3, -0.25) is 4.79 Å². The predicted molar refractivity (Wildman–Crippen MR) is 57.1 cm³/mol. The summed E-state index contributed by atoms with van der Waals surface area (Å²) in [7, 11) is 0. The number of hydrogen-bond acceptors (Lipinski definition) is 2. The Hall–Kier alpha value is -0.530. The van der Waals surface area contributed by atoms with Crippen LogP contribution >= 0.6 is 0 Å². The second-order valence-electron chi connectivity index (χ2n) is 4.28. The molecule has 2 nitrogen and oxygen atoms in total. The third kappa shape index (κ3) is 4.64. The van der Waals surface area contributed by atoms with Crippen molar-refractivity contribution in [1.82, 2.24) is 0 Å². The van der Waals surface area contributed by atoms with Crippen molar-refractivity contribution in [3.8, 4) is 0 Å². The van der Waals surface area contributed by atoms with Gasteiger partial charge in [-0.2, -0.15) is 0 Å². The molecule has 1 unspecified atom stereocenters. The van der Waals surface area contributed by atoms with Crippen molar-refractivity contribution in [3.05, 3.63) is 0 Å². The summed E-state index contributed by atoms with van der Waals surface area (Å²) < 4.78 is 5.02. The Labute approximate surface area is 87.0 Å². The van der Waals surface area contributed by atoms with E-state index in [1.165, 1.54) is 38.5 Å². The number of hydrogen-bond donors (Lipinski definition) is 0. The standard InChI is InChI=1S/C12H22O2/c1-2-3-4-5-7-11-8-6-9-14-12(13)10-11/h11H,2-10H2,1H3. The summed E-state index contributed by atoms with van der Waals surface area (Å²) in [6.07, 6.45) is 9.33. The maximum Gasteiger partial charge on any atom is 0.306 e. The number of unbranched alkanes of at least 4 members (excludes halogenated alkanes) is 3. The summed E-state index contributed by atoms with van der Waals surface area (Å²) in [6.45, 7) is 2.87. The fraction of sp³-hybridized carbons (Fsp3) is 0.917. The Balaban J connectivity index is 2.12. The molecule has 0 spiro atoms. The van der Waals surface area contributed by atoms with Gasteiger partial charge in [-0.1, -0.05) is 32.6 Å². The van der Waals surface area contributed by atoms with Crippen molar-refractivity contribution >= 4 is 5.97 Å². The summed E-state index contributed by atoms with van der Waals surface area (Å²) in [5, 5.41) is 0. The smallest absolute Gasteiger partial charge is 0.306 e. The van der Waals surface area contributed by atoms with Crippen LogP contribution in [0.25, 0.3) is 0 Å². The Kier molecular flexibility index (Phi) is 5.65. The van der Waals surface area contributed by atoms with Gasteiger partial charge in [0.2, 0.25) is 0 Å². The lowest BCUT2D eigenvalue weighted by atomic mass is 9.94. The lowest BCUT2D eigenvalue weighted by molar-refractivity contribution is -0.143. The van der Waals surface area contributed by atoms with Gasteiger partial charge >= 0.3 is 5.97 Å². The second kappa shape index (κ2) is 6.86. The topological polar surface area (TPSA) is 26.3 Å². The van der Waals surface area contributed by atoms with E-state index in [9.17, 15) is 4.79 Å². The van der Waals surface area contributed by atoms with Crippen molar-refractivity contribution in [2.45, 2.75) is 58.3 Å². The number of cyclic esters (lactones) is 1. The van der Waals surface area contributed by atoms with Crippen LogP contribution in [0.4, 0.5) is 0 Å². The fourth-order valence-corrected chi connectivity index (χ4v) is 2.06. The van der Waals surface area contributed by atoms with Crippen LogP contribution < -0.4 is 0 Å². The first-order valence-corrected chi connectivity index (χ1v) is 5.98. The summed E-state index contributed by atoms with van der Waals surface area (Å²) in [6, 6.07) is 0. The van der Waals surface area contributed by atoms with Gasteiger partial charge in [0.05, 0.1) is 6.61 Å². The highest BCUT2D eigenvalue weighted by Gasteiger charge is 2.17. The van der Waals surface area contributed by atoms with Gasteiger partial charge in [-0.15, -0.1) is 0 Å². The molecule has 14 heavy (non-hydrogen) atoms. The van der Waals surface area contributed by atoms with Crippen LogP contribution in [0.5, 0.6) is 0 Å². The first kappa shape index (κ1) is 11.5. The van der Waals surface area contributed by atoms with Gasteiger partial charge in [-0.05, 0) is 25.2 Å². The lowest BCUT2D eigenvalue weighted by Gasteiger charge is -2.10. The zero-order valence-electron chi connectivity index (χ0n) is 9.26. The summed E-state index contributed by atoms with van der Waals surface area (Å²) in [5.41, 5.74) is 0.